The van der Waals surface area contributed by atoms with Gasteiger partial charge in [0.25, 0.3) is 0 Å². The van der Waals surface area contributed by atoms with E-state index in [1.54, 1.807) is 0 Å². The molecule has 1 fully saturated rings. The molecule has 8 heteroatoms. The molecule has 0 radical (unpaired) electrons. The highest BCUT2D eigenvalue weighted by Gasteiger charge is 2.43. The summed E-state index contributed by atoms with van der Waals surface area (Å²) in [6.45, 7) is 6.85. The molecule has 0 aromatic heterocycles. The highest BCUT2D eigenvalue weighted by molar-refractivity contribution is 5.84. The smallest absolute Gasteiger partial charge is 0.330 e. The lowest BCUT2D eigenvalue weighted by molar-refractivity contribution is -0.301. The molecule has 5 N–H and O–H groups in total. The Kier molecular flexibility index (Phi) is 22.1. The average molecular weight is 517 g/mol. The van der Waals surface area contributed by atoms with Crippen LogP contribution < -0.4 is 0 Å². The molecule has 212 valence electrons. The summed E-state index contributed by atoms with van der Waals surface area (Å²) in [5.74, 6) is -0.935. The van der Waals surface area contributed by atoms with E-state index >= 15 is 0 Å². The maximum absolute atomic E-state index is 9.91. The molecule has 0 aromatic rings. The van der Waals surface area contributed by atoms with Crippen LogP contribution >= 0.6 is 0 Å². The molecule has 1 rings (SSSR count). The zero-order valence-electron chi connectivity index (χ0n) is 22.5. The first-order valence-corrected chi connectivity index (χ1v) is 13.7. The first kappa shape index (κ1) is 34.7. The molecule has 0 aliphatic carbocycles. The largest absolute Gasteiger partial charge is 0.478 e. The lowest BCUT2D eigenvalue weighted by atomic mass is 9.99. The third-order valence-corrected chi connectivity index (χ3v) is 6.15. The van der Waals surface area contributed by atoms with E-state index in [-0.39, 0.29) is 5.57 Å². The fourth-order valence-electron chi connectivity index (χ4n) is 3.75. The Morgan fingerprint density at radius 3 is 1.78 bits per heavy atom. The second-order valence-corrected chi connectivity index (χ2v) is 9.59. The standard InChI is InChI=1S/C24H46O6.C4H6O2/c1-2-3-4-5-6-7-8-9-10-11-12-13-14-15-16-17-18-29-24-23(28)22(27)21(26)20(19-25)30-24;1-3(2)4(5)6/h9-10,20-28H,2-8,11-19H2,1H3;1H2,2H3,(H,5,6)/b10-9-;/t20-,21-,22+,23-,24+;/m1./s1. The number of rotatable bonds is 19. The van der Waals surface area contributed by atoms with Crippen LogP contribution in [0.2, 0.25) is 0 Å². The third kappa shape index (κ3) is 17.2. The zero-order valence-corrected chi connectivity index (χ0v) is 22.5. The summed E-state index contributed by atoms with van der Waals surface area (Å²) in [6.07, 6.45) is 16.0. The van der Waals surface area contributed by atoms with Gasteiger partial charge in [0.2, 0.25) is 0 Å². The number of hydrogen-bond acceptors (Lipinski definition) is 7. The van der Waals surface area contributed by atoms with E-state index in [0.717, 1.165) is 19.3 Å². The molecule has 0 unspecified atom stereocenters. The van der Waals surface area contributed by atoms with Gasteiger partial charge < -0.3 is 35.0 Å². The van der Waals surface area contributed by atoms with Crippen molar-refractivity contribution in [1.29, 1.82) is 0 Å². The highest BCUT2D eigenvalue weighted by atomic mass is 16.7. The Morgan fingerprint density at radius 2 is 1.31 bits per heavy atom. The van der Waals surface area contributed by atoms with E-state index in [9.17, 15) is 20.1 Å². The van der Waals surface area contributed by atoms with Crippen molar-refractivity contribution >= 4 is 5.97 Å². The van der Waals surface area contributed by atoms with Gasteiger partial charge in [0.15, 0.2) is 6.29 Å². The lowest BCUT2D eigenvalue weighted by Gasteiger charge is -2.39. The van der Waals surface area contributed by atoms with Crippen molar-refractivity contribution in [3.63, 3.8) is 0 Å². The second-order valence-electron chi connectivity index (χ2n) is 9.59. The van der Waals surface area contributed by atoms with Gasteiger partial charge >= 0.3 is 5.97 Å². The molecule has 8 nitrogen and oxygen atoms in total. The van der Waals surface area contributed by atoms with Crippen LogP contribution in [0, 0.1) is 0 Å². The van der Waals surface area contributed by atoms with Crippen LogP contribution in [0.15, 0.2) is 24.3 Å². The second kappa shape index (κ2) is 22.9. The van der Waals surface area contributed by atoms with Crippen LogP contribution in [0.25, 0.3) is 0 Å². The molecule has 0 bridgehead atoms. The van der Waals surface area contributed by atoms with Gasteiger partial charge in [0, 0.05) is 12.2 Å². The number of carbonyl (C=O) groups is 1. The van der Waals surface area contributed by atoms with Crippen molar-refractivity contribution in [2.45, 2.75) is 134 Å². The van der Waals surface area contributed by atoms with Gasteiger partial charge in [-0.25, -0.2) is 4.79 Å². The zero-order chi connectivity index (χ0) is 27.2. The summed E-state index contributed by atoms with van der Waals surface area (Å²) in [4.78, 5) is 9.60. The quantitative estimate of drug-likeness (QED) is 0.0962. The molecule has 0 aromatic carbocycles. The summed E-state index contributed by atoms with van der Waals surface area (Å²) in [6, 6.07) is 0. The maximum atomic E-state index is 9.91. The number of aliphatic hydroxyl groups excluding tert-OH is 4. The third-order valence-electron chi connectivity index (χ3n) is 6.15. The van der Waals surface area contributed by atoms with Gasteiger partial charge in [-0.1, -0.05) is 83.4 Å². The van der Waals surface area contributed by atoms with Crippen molar-refractivity contribution in [1.82, 2.24) is 0 Å². The van der Waals surface area contributed by atoms with Crippen LogP contribution in [0.1, 0.15) is 104 Å². The van der Waals surface area contributed by atoms with Gasteiger partial charge in [-0.15, -0.1) is 0 Å². The van der Waals surface area contributed by atoms with Crippen LogP contribution in [0.4, 0.5) is 0 Å². The van der Waals surface area contributed by atoms with E-state index in [1.807, 2.05) is 0 Å². The van der Waals surface area contributed by atoms with E-state index in [1.165, 1.54) is 77.6 Å². The predicted octanol–water partition coefficient (Wildman–Crippen LogP) is 4.49. The molecule has 0 spiro atoms. The van der Waals surface area contributed by atoms with E-state index in [2.05, 4.69) is 25.7 Å². The van der Waals surface area contributed by atoms with Crippen molar-refractivity contribution in [2.24, 2.45) is 0 Å². The van der Waals surface area contributed by atoms with E-state index in [0.29, 0.717) is 6.61 Å². The normalized spacial score (nSPS) is 23.9. The summed E-state index contributed by atoms with van der Waals surface area (Å²) in [5, 5.41) is 46.4. The van der Waals surface area contributed by atoms with Gasteiger partial charge in [-0.2, -0.15) is 0 Å². The molecule has 1 aliphatic heterocycles. The van der Waals surface area contributed by atoms with Gasteiger partial charge in [0.1, 0.15) is 24.4 Å². The van der Waals surface area contributed by atoms with Gasteiger partial charge in [0.05, 0.1) is 6.61 Å². The number of hydrogen-bond donors (Lipinski definition) is 5. The first-order chi connectivity index (χ1) is 17.3. The number of aliphatic hydroxyl groups is 4. The maximum Gasteiger partial charge on any atom is 0.330 e. The molecule has 1 heterocycles. The van der Waals surface area contributed by atoms with Crippen LogP contribution in [-0.4, -0.2) is 75.4 Å². The molecule has 1 saturated heterocycles. The lowest BCUT2D eigenvalue weighted by Crippen LogP contribution is -2.59. The topological polar surface area (TPSA) is 137 Å². The number of unbranched alkanes of at least 4 members (excludes halogenated alkanes) is 12. The summed E-state index contributed by atoms with van der Waals surface area (Å²) >= 11 is 0. The fraction of sp³-hybridized carbons (Fsp3) is 0.821. The molecule has 0 amide bonds. The number of carboxylic acids is 1. The minimum atomic E-state index is -1.37. The molecular weight excluding hydrogens is 464 g/mol. The highest BCUT2D eigenvalue weighted by Crippen LogP contribution is 2.22. The Bertz CT molecular complexity index is 566. The monoisotopic (exact) mass is 516 g/mol. The summed E-state index contributed by atoms with van der Waals surface area (Å²) in [7, 11) is 0. The van der Waals surface area contributed by atoms with Crippen molar-refractivity contribution in [3.8, 4) is 0 Å². The minimum Gasteiger partial charge on any atom is -0.478 e. The van der Waals surface area contributed by atoms with Crippen molar-refractivity contribution < 1.29 is 39.8 Å². The summed E-state index contributed by atoms with van der Waals surface area (Å²) in [5.41, 5.74) is 0.176. The molecule has 1 aliphatic rings. The first-order valence-electron chi connectivity index (χ1n) is 13.7. The van der Waals surface area contributed by atoms with Crippen molar-refractivity contribution in [3.05, 3.63) is 24.3 Å². The van der Waals surface area contributed by atoms with Gasteiger partial charge in [-0.3, -0.25) is 0 Å². The number of allylic oxidation sites excluding steroid dienone is 2. The van der Waals surface area contributed by atoms with Crippen LogP contribution in [0.5, 0.6) is 0 Å². The van der Waals surface area contributed by atoms with Crippen LogP contribution in [-0.2, 0) is 14.3 Å². The SMILES string of the molecule is C=C(C)C(=O)O.CCCCCCCC/C=C\CCCCCCCCO[C@H]1O[C@H](CO)[C@@H](O)[C@H](O)[C@H]1O. The fourth-order valence-corrected chi connectivity index (χ4v) is 3.75. The number of carboxylic acid groups (broad SMARTS) is 1. The number of aliphatic carboxylic acids is 1. The van der Waals surface area contributed by atoms with Crippen LogP contribution in [0.3, 0.4) is 0 Å². The Morgan fingerprint density at radius 1 is 0.833 bits per heavy atom. The minimum absolute atomic E-state index is 0.176. The Labute approximate surface area is 218 Å². The predicted molar refractivity (Wildman–Crippen MR) is 142 cm³/mol. The molecule has 0 saturated carbocycles. The Hall–Kier alpha value is -1.29. The molecule has 5 atom stereocenters. The van der Waals surface area contributed by atoms with Gasteiger partial charge in [-0.05, 0) is 39.0 Å². The molecule has 36 heavy (non-hydrogen) atoms. The average Bonchev–Trinajstić information content (AvgIpc) is 2.86. The van der Waals surface area contributed by atoms with Crippen molar-refractivity contribution in [2.75, 3.05) is 13.2 Å². The Balaban J connectivity index is 0.00000181. The molecular formula is C28H52O8. The van der Waals surface area contributed by atoms with E-state index < -0.39 is 43.3 Å². The van der Waals surface area contributed by atoms with E-state index in [4.69, 9.17) is 19.7 Å². The summed E-state index contributed by atoms with van der Waals surface area (Å²) < 4.78 is 10.8. The number of ether oxygens (including phenoxy) is 2.